The van der Waals surface area contributed by atoms with E-state index in [0.717, 1.165) is 0 Å². The van der Waals surface area contributed by atoms with Gasteiger partial charge in [0.2, 0.25) is 0 Å². The van der Waals surface area contributed by atoms with Crippen molar-refractivity contribution in [3.05, 3.63) is 67.9 Å². The van der Waals surface area contributed by atoms with Gasteiger partial charge < -0.3 is 14.4 Å². The Morgan fingerprint density at radius 1 is 0.800 bits per heavy atom. The van der Waals surface area contributed by atoms with Gasteiger partial charge in [-0.3, -0.25) is 0 Å². The monoisotopic (exact) mass is 203 g/mol. The zero-order valence-electron chi connectivity index (χ0n) is 8.21. The molecule has 0 aliphatic rings. The summed E-state index contributed by atoms with van der Waals surface area (Å²) < 4.78 is 4.58. The number of rotatable bonds is 0. The van der Waals surface area contributed by atoms with Crippen molar-refractivity contribution in [1.29, 1.82) is 0 Å². The van der Waals surface area contributed by atoms with Crippen LogP contribution in [0.3, 0.4) is 0 Å². The van der Waals surface area contributed by atoms with E-state index in [9.17, 15) is 0 Å². The minimum absolute atomic E-state index is 1.62. The SMILES string of the molecule is c1c[nH]cn1.c1cc[nH]c1.c1ccoc1. The summed E-state index contributed by atoms with van der Waals surface area (Å²) in [7, 11) is 0. The van der Waals surface area contributed by atoms with Gasteiger partial charge in [-0.15, -0.1) is 0 Å². The Labute approximate surface area is 88.0 Å². The highest BCUT2D eigenvalue weighted by Gasteiger charge is 1.59. The van der Waals surface area contributed by atoms with Crippen molar-refractivity contribution in [2.24, 2.45) is 0 Å². The predicted molar refractivity (Wildman–Crippen MR) is 58.1 cm³/mol. The summed E-state index contributed by atoms with van der Waals surface area (Å²) in [6.07, 6.45) is 12.1. The summed E-state index contributed by atoms with van der Waals surface area (Å²) >= 11 is 0. The fourth-order valence-corrected chi connectivity index (χ4v) is 0.720. The van der Waals surface area contributed by atoms with Gasteiger partial charge in [-0.05, 0) is 24.3 Å². The van der Waals surface area contributed by atoms with Crippen LogP contribution in [-0.4, -0.2) is 15.0 Å². The summed E-state index contributed by atoms with van der Waals surface area (Å²) in [6.45, 7) is 0. The second-order valence-corrected chi connectivity index (χ2v) is 2.44. The number of imidazole rings is 1. The molecule has 78 valence electrons. The molecule has 0 radical (unpaired) electrons. The number of nitrogens with one attached hydrogen (secondary N) is 2. The van der Waals surface area contributed by atoms with E-state index >= 15 is 0 Å². The number of nitrogens with zero attached hydrogens (tertiary/aromatic N) is 1. The highest BCUT2D eigenvalue weighted by Crippen LogP contribution is 1.79. The van der Waals surface area contributed by atoms with E-state index in [1.54, 1.807) is 31.2 Å². The molecule has 0 amide bonds. The lowest BCUT2D eigenvalue weighted by Gasteiger charge is -1.50. The van der Waals surface area contributed by atoms with Gasteiger partial charge in [0.05, 0.1) is 18.9 Å². The van der Waals surface area contributed by atoms with Crippen LogP contribution in [0.5, 0.6) is 0 Å². The molecule has 0 spiro atoms. The Hall–Kier alpha value is -2.23. The molecule has 0 bridgehead atoms. The van der Waals surface area contributed by atoms with Crippen LogP contribution in [0.2, 0.25) is 0 Å². The van der Waals surface area contributed by atoms with Crippen molar-refractivity contribution in [2.75, 3.05) is 0 Å². The Kier molecular flexibility index (Phi) is 6.05. The third-order valence-electron chi connectivity index (χ3n) is 1.33. The number of furan rings is 1. The van der Waals surface area contributed by atoms with Crippen molar-refractivity contribution >= 4 is 0 Å². The van der Waals surface area contributed by atoms with Gasteiger partial charge in [-0.2, -0.15) is 0 Å². The molecule has 3 heterocycles. The van der Waals surface area contributed by atoms with Gasteiger partial charge in [0.25, 0.3) is 0 Å². The molecule has 0 aliphatic heterocycles. The summed E-state index contributed by atoms with van der Waals surface area (Å²) in [4.78, 5) is 9.28. The molecule has 3 rings (SSSR count). The van der Waals surface area contributed by atoms with Crippen molar-refractivity contribution in [1.82, 2.24) is 15.0 Å². The third kappa shape index (κ3) is 6.89. The number of hydrogen-bond donors (Lipinski definition) is 2. The standard InChI is InChI=1S/C4H5N.C4H4O.C3H4N2/c2*1-2-4-5-3-1;1-2-5-3-4-1/h1-5H;1-4H;1-3H,(H,4,5). The quantitative estimate of drug-likeness (QED) is 0.590. The maximum Gasteiger partial charge on any atom is 0.0919 e. The maximum absolute atomic E-state index is 4.58. The second kappa shape index (κ2) is 8.37. The van der Waals surface area contributed by atoms with E-state index in [1.165, 1.54) is 0 Å². The van der Waals surface area contributed by atoms with Gasteiger partial charge in [-0.1, -0.05) is 0 Å². The second-order valence-electron chi connectivity index (χ2n) is 2.44. The molecular formula is C11H13N3O. The van der Waals surface area contributed by atoms with Crippen LogP contribution in [0.25, 0.3) is 0 Å². The topological polar surface area (TPSA) is 57.6 Å². The summed E-state index contributed by atoms with van der Waals surface area (Å²) in [6, 6.07) is 7.56. The maximum atomic E-state index is 4.58. The average molecular weight is 203 g/mol. The van der Waals surface area contributed by atoms with Crippen LogP contribution in [0.1, 0.15) is 0 Å². The van der Waals surface area contributed by atoms with E-state index in [-0.39, 0.29) is 0 Å². The van der Waals surface area contributed by atoms with Crippen LogP contribution in [0, 0.1) is 0 Å². The first-order valence-corrected chi connectivity index (χ1v) is 4.48. The van der Waals surface area contributed by atoms with Crippen molar-refractivity contribution < 1.29 is 4.42 Å². The average Bonchev–Trinajstić information content (AvgIpc) is 3.09. The summed E-state index contributed by atoms with van der Waals surface area (Å²) in [5.74, 6) is 0. The van der Waals surface area contributed by atoms with Crippen LogP contribution < -0.4 is 0 Å². The molecule has 0 aromatic carbocycles. The van der Waals surface area contributed by atoms with Crippen molar-refractivity contribution in [2.45, 2.75) is 0 Å². The molecular weight excluding hydrogens is 190 g/mol. The Bertz CT molecular complexity index is 248. The molecule has 0 aliphatic carbocycles. The first-order valence-electron chi connectivity index (χ1n) is 4.48. The fourth-order valence-electron chi connectivity index (χ4n) is 0.720. The molecule has 3 aromatic heterocycles. The molecule has 4 nitrogen and oxygen atoms in total. The van der Waals surface area contributed by atoms with Gasteiger partial charge in [0.15, 0.2) is 0 Å². The van der Waals surface area contributed by atoms with Crippen LogP contribution in [-0.2, 0) is 0 Å². The number of H-pyrrole nitrogens is 2. The molecule has 3 aromatic rings. The lowest BCUT2D eigenvalue weighted by molar-refractivity contribution is 0.567. The predicted octanol–water partition coefficient (Wildman–Crippen LogP) is 2.70. The Morgan fingerprint density at radius 3 is 1.73 bits per heavy atom. The highest BCUT2D eigenvalue weighted by molar-refractivity contribution is 4.84. The van der Waals surface area contributed by atoms with Crippen LogP contribution >= 0.6 is 0 Å². The van der Waals surface area contributed by atoms with Gasteiger partial charge in [-0.25, -0.2) is 4.98 Å². The first kappa shape index (κ1) is 10.8. The lowest BCUT2D eigenvalue weighted by Crippen LogP contribution is -1.44. The lowest BCUT2D eigenvalue weighted by atomic mass is 10.7. The molecule has 0 unspecified atom stereocenters. The molecule has 4 heteroatoms. The Balaban J connectivity index is 0.000000112. The number of aromatic nitrogens is 3. The van der Waals surface area contributed by atoms with Crippen molar-refractivity contribution in [3.63, 3.8) is 0 Å². The molecule has 0 saturated heterocycles. The minimum Gasteiger partial charge on any atom is -0.473 e. The third-order valence-corrected chi connectivity index (χ3v) is 1.33. The molecule has 15 heavy (non-hydrogen) atoms. The van der Waals surface area contributed by atoms with Crippen molar-refractivity contribution in [3.8, 4) is 0 Å². The smallest absolute Gasteiger partial charge is 0.0919 e. The van der Waals surface area contributed by atoms with Crippen LogP contribution in [0.15, 0.2) is 72.3 Å². The minimum atomic E-state index is 1.62. The molecule has 0 fully saturated rings. The van der Waals surface area contributed by atoms with E-state index in [4.69, 9.17) is 0 Å². The van der Waals surface area contributed by atoms with E-state index < -0.39 is 0 Å². The number of aromatic amines is 2. The zero-order chi connectivity index (χ0) is 10.6. The van der Waals surface area contributed by atoms with Gasteiger partial charge in [0, 0.05) is 24.8 Å². The molecule has 0 atom stereocenters. The number of hydrogen-bond acceptors (Lipinski definition) is 2. The molecule has 2 N–H and O–H groups in total. The van der Waals surface area contributed by atoms with E-state index in [2.05, 4.69) is 19.4 Å². The largest absolute Gasteiger partial charge is 0.473 e. The van der Waals surface area contributed by atoms with E-state index in [1.807, 2.05) is 36.7 Å². The van der Waals surface area contributed by atoms with Gasteiger partial charge >= 0.3 is 0 Å². The summed E-state index contributed by atoms with van der Waals surface area (Å²) in [5.41, 5.74) is 0. The highest BCUT2D eigenvalue weighted by atomic mass is 16.3. The zero-order valence-corrected chi connectivity index (χ0v) is 8.21. The van der Waals surface area contributed by atoms with E-state index in [0.29, 0.717) is 0 Å². The fraction of sp³-hybridized carbons (Fsp3) is 0. The van der Waals surface area contributed by atoms with Crippen LogP contribution in [0.4, 0.5) is 0 Å². The molecule has 0 saturated carbocycles. The van der Waals surface area contributed by atoms with Gasteiger partial charge in [0.1, 0.15) is 0 Å². The first-order chi connectivity index (χ1) is 7.50. The Morgan fingerprint density at radius 2 is 1.53 bits per heavy atom. The summed E-state index contributed by atoms with van der Waals surface area (Å²) in [5, 5.41) is 0. The normalized spacial score (nSPS) is 8.00.